The number of rotatable bonds is 8. The number of carbonyl (C=O) groups is 3. The number of imide groups is 2. The van der Waals surface area contributed by atoms with Gasteiger partial charge in [-0.25, -0.2) is 9.69 Å². The molecule has 0 radical (unpaired) electrons. The molecule has 0 aromatic heterocycles. The van der Waals surface area contributed by atoms with E-state index in [1.807, 2.05) is 30.3 Å². The third-order valence-electron chi connectivity index (χ3n) is 6.07. The van der Waals surface area contributed by atoms with Crippen LogP contribution >= 0.6 is 34.8 Å². The Kier molecular flexibility index (Phi) is 8.74. The van der Waals surface area contributed by atoms with Gasteiger partial charge in [0, 0.05) is 5.02 Å². The number of anilines is 1. The number of urea groups is 1. The lowest BCUT2D eigenvalue weighted by atomic mass is 10.1. The van der Waals surface area contributed by atoms with Crippen molar-refractivity contribution in [3.05, 3.63) is 123 Å². The topological polar surface area (TPSA) is 119 Å². The Bertz CT molecular complexity index is 1840. The minimum absolute atomic E-state index is 0.170. The van der Waals surface area contributed by atoms with E-state index < -0.39 is 33.5 Å². The summed E-state index contributed by atoms with van der Waals surface area (Å²) in [4.78, 5) is 39.2. The highest BCUT2D eigenvalue weighted by atomic mass is 35.5. The van der Waals surface area contributed by atoms with Gasteiger partial charge in [0.1, 0.15) is 22.8 Å². The second-order valence-corrected chi connectivity index (χ2v) is 11.8. The van der Waals surface area contributed by atoms with Gasteiger partial charge in [-0.05, 0) is 77.9 Å². The van der Waals surface area contributed by atoms with Crippen LogP contribution in [0.4, 0.5) is 10.5 Å². The van der Waals surface area contributed by atoms with Crippen molar-refractivity contribution in [2.75, 3.05) is 4.90 Å². The molecule has 0 saturated carbocycles. The first-order valence-corrected chi connectivity index (χ1v) is 14.9. The molecule has 9 nitrogen and oxygen atoms in total. The van der Waals surface area contributed by atoms with Gasteiger partial charge >= 0.3 is 16.1 Å². The molecule has 1 heterocycles. The van der Waals surface area contributed by atoms with Crippen LogP contribution in [0.1, 0.15) is 11.1 Å². The summed E-state index contributed by atoms with van der Waals surface area (Å²) >= 11 is 18.4. The lowest BCUT2D eigenvalue weighted by Gasteiger charge is -2.26. The first-order valence-electron chi connectivity index (χ1n) is 12.4. The van der Waals surface area contributed by atoms with Gasteiger partial charge in [0.05, 0.1) is 15.7 Å². The number of nitrogens with zero attached hydrogens (tertiary/aromatic N) is 1. The van der Waals surface area contributed by atoms with Crippen LogP contribution in [0.5, 0.6) is 11.5 Å². The van der Waals surface area contributed by atoms with E-state index >= 15 is 0 Å². The molecule has 5 rings (SSSR count). The Morgan fingerprint density at radius 1 is 0.814 bits per heavy atom. The van der Waals surface area contributed by atoms with Crippen molar-refractivity contribution < 1.29 is 31.7 Å². The maximum Gasteiger partial charge on any atom is 0.339 e. The summed E-state index contributed by atoms with van der Waals surface area (Å²) in [6.45, 7) is 0.326. The molecule has 1 fully saturated rings. The summed E-state index contributed by atoms with van der Waals surface area (Å²) < 4.78 is 36.3. The van der Waals surface area contributed by atoms with E-state index in [1.54, 1.807) is 12.1 Å². The number of benzene rings is 4. The average Bonchev–Trinajstić information content (AvgIpc) is 2.97. The molecule has 13 heteroatoms. The average molecular weight is 658 g/mol. The predicted molar refractivity (Wildman–Crippen MR) is 162 cm³/mol. The van der Waals surface area contributed by atoms with E-state index in [0.717, 1.165) is 10.5 Å². The summed E-state index contributed by atoms with van der Waals surface area (Å²) in [6, 6.07) is 22.6. The molecule has 1 N–H and O–H groups in total. The second kappa shape index (κ2) is 12.5. The molecule has 4 aromatic rings. The van der Waals surface area contributed by atoms with Crippen molar-refractivity contribution in [2.24, 2.45) is 0 Å². The Morgan fingerprint density at radius 2 is 1.44 bits per heavy atom. The van der Waals surface area contributed by atoms with Crippen LogP contribution < -0.4 is 19.1 Å². The van der Waals surface area contributed by atoms with E-state index in [0.29, 0.717) is 17.4 Å². The van der Waals surface area contributed by atoms with Gasteiger partial charge < -0.3 is 8.92 Å². The summed E-state index contributed by atoms with van der Waals surface area (Å²) in [5, 5.41) is 2.05. The second-order valence-electron chi connectivity index (χ2n) is 9.03. The molecule has 218 valence electrons. The Labute approximate surface area is 261 Å². The molecule has 0 aliphatic carbocycles. The van der Waals surface area contributed by atoms with Gasteiger partial charge in [0.2, 0.25) is 0 Å². The fourth-order valence-corrected chi connectivity index (χ4v) is 5.76. The van der Waals surface area contributed by atoms with Gasteiger partial charge in [-0.2, -0.15) is 8.42 Å². The predicted octanol–water partition coefficient (Wildman–Crippen LogP) is 6.66. The van der Waals surface area contributed by atoms with E-state index in [2.05, 4.69) is 5.32 Å². The third kappa shape index (κ3) is 6.84. The minimum Gasteiger partial charge on any atom is -0.489 e. The first-order chi connectivity index (χ1) is 20.5. The molecule has 0 unspecified atom stereocenters. The van der Waals surface area contributed by atoms with E-state index in [1.165, 1.54) is 54.6 Å². The monoisotopic (exact) mass is 656 g/mol. The quantitative estimate of drug-likeness (QED) is 0.128. The summed E-state index contributed by atoms with van der Waals surface area (Å²) in [5.41, 5.74) is 0.941. The Morgan fingerprint density at radius 3 is 2.07 bits per heavy atom. The van der Waals surface area contributed by atoms with Crippen molar-refractivity contribution in [1.29, 1.82) is 0 Å². The molecule has 1 aliphatic heterocycles. The maximum atomic E-state index is 13.3. The van der Waals surface area contributed by atoms with Crippen LogP contribution in [-0.2, 0) is 26.3 Å². The standard InChI is InChI=1S/C30H19Cl3N2O7S/c31-20-6-12-23(13-7-20)43(39,40)42-27-25(32)15-19(16-26(27)33)14-24-28(36)34-30(38)35(29(24)37)21-8-10-22(11-9-21)41-17-18-4-2-1-3-5-18/h1-16H,17H2,(H,34,36,38)/b24-14+. The molecular formula is C30H19Cl3N2O7S. The lowest BCUT2D eigenvalue weighted by molar-refractivity contribution is -0.122. The summed E-state index contributed by atoms with van der Waals surface area (Å²) in [7, 11) is -4.31. The number of halogens is 3. The fraction of sp³-hybridized carbons (Fsp3) is 0.0333. The van der Waals surface area contributed by atoms with Gasteiger partial charge in [0.25, 0.3) is 11.8 Å². The molecular weight excluding hydrogens is 639 g/mol. The van der Waals surface area contributed by atoms with E-state index in [4.69, 9.17) is 43.7 Å². The molecule has 1 saturated heterocycles. The van der Waals surface area contributed by atoms with E-state index in [-0.39, 0.29) is 31.9 Å². The zero-order valence-electron chi connectivity index (χ0n) is 21.8. The van der Waals surface area contributed by atoms with Crippen molar-refractivity contribution in [3.63, 3.8) is 0 Å². The van der Waals surface area contributed by atoms with Crippen LogP contribution in [0.25, 0.3) is 6.08 Å². The van der Waals surface area contributed by atoms with Crippen LogP contribution in [0.15, 0.2) is 101 Å². The molecule has 4 amide bonds. The zero-order valence-corrected chi connectivity index (χ0v) is 24.9. The molecule has 0 bridgehead atoms. The fourth-order valence-electron chi connectivity index (χ4n) is 3.99. The molecule has 1 aliphatic rings. The van der Waals surface area contributed by atoms with Gasteiger partial charge in [-0.1, -0.05) is 65.1 Å². The van der Waals surface area contributed by atoms with Crippen molar-refractivity contribution in [3.8, 4) is 11.5 Å². The van der Waals surface area contributed by atoms with Crippen LogP contribution in [-0.4, -0.2) is 26.3 Å². The van der Waals surface area contributed by atoms with E-state index in [9.17, 15) is 22.8 Å². The van der Waals surface area contributed by atoms with Crippen LogP contribution in [0, 0.1) is 0 Å². The molecule has 4 aromatic carbocycles. The number of amides is 4. The number of hydrogen-bond acceptors (Lipinski definition) is 7. The number of ether oxygens (including phenoxy) is 1. The van der Waals surface area contributed by atoms with Gasteiger partial charge in [0.15, 0.2) is 5.75 Å². The number of nitrogens with one attached hydrogen (secondary N) is 1. The molecule has 0 atom stereocenters. The van der Waals surface area contributed by atoms with Crippen molar-refractivity contribution in [2.45, 2.75) is 11.5 Å². The first kappa shape index (κ1) is 30.1. The number of barbiturate groups is 1. The SMILES string of the molecule is O=C1NC(=O)N(c2ccc(OCc3ccccc3)cc2)C(=O)/C1=C/c1cc(Cl)c(OS(=O)(=O)c2ccc(Cl)cc2)c(Cl)c1. The molecule has 0 spiro atoms. The highest BCUT2D eigenvalue weighted by Crippen LogP contribution is 2.37. The van der Waals surface area contributed by atoms with Crippen LogP contribution in [0.3, 0.4) is 0 Å². The zero-order chi connectivity index (χ0) is 30.7. The highest BCUT2D eigenvalue weighted by Gasteiger charge is 2.37. The minimum atomic E-state index is -4.31. The third-order valence-corrected chi connectivity index (χ3v) is 8.12. The largest absolute Gasteiger partial charge is 0.489 e. The molecule has 43 heavy (non-hydrogen) atoms. The van der Waals surface area contributed by atoms with Crippen molar-refractivity contribution in [1.82, 2.24) is 5.32 Å². The summed E-state index contributed by atoms with van der Waals surface area (Å²) in [5.74, 6) is -1.68. The van der Waals surface area contributed by atoms with Gasteiger partial charge in [-0.15, -0.1) is 0 Å². The smallest absolute Gasteiger partial charge is 0.339 e. The Hall–Kier alpha value is -4.35. The number of carbonyl (C=O) groups excluding carboxylic acids is 3. The maximum absolute atomic E-state index is 13.3. The summed E-state index contributed by atoms with van der Waals surface area (Å²) in [6.07, 6.45) is 1.17. The van der Waals surface area contributed by atoms with Crippen molar-refractivity contribution >= 4 is 74.5 Å². The Balaban J connectivity index is 1.36. The number of hydrogen-bond donors (Lipinski definition) is 1. The normalized spacial score (nSPS) is 14.5. The highest BCUT2D eigenvalue weighted by molar-refractivity contribution is 7.87. The van der Waals surface area contributed by atoms with Crippen LogP contribution in [0.2, 0.25) is 15.1 Å². The lowest BCUT2D eigenvalue weighted by Crippen LogP contribution is -2.54. The van der Waals surface area contributed by atoms with Gasteiger partial charge in [-0.3, -0.25) is 14.9 Å².